The Labute approximate surface area is 233 Å². The van der Waals surface area contributed by atoms with Gasteiger partial charge in [0, 0.05) is 25.4 Å². The van der Waals surface area contributed by atoms with Crippen LogP contribution in [-0.2, 0) is 11.3 Å². The van der Waals surface area contributed by atoms with E-state index in [2.05, 4.69) is 46.4 Å². The number of carbonyl (C=O) groups is 1. The standard InChI is InChI=1S/C16H18ClFN4O.C6H15N.C6H14O2/c1-5-20-11(3)15(22-19-4)10(2)16(23)21-9-12-6-7-14(18)13(17)8-12;1-3-4-5-6-7-2;1-3-4-5(2)6(7)8/h5-8,22H,2,4,9H2,1,3H3,(H,21,23);7H,3-6H2,1-2H3;5-8H,3-4H2,1-2H3/b15-11+,20-5?;;. The molecule has 0 heterocycles. The molecule has 1 aromatic rings. The van der Waals surface area contributed by atoms with E-state index in [1.54, 1.807) is 20.1 Å². The molecule has 0 saturated heterocycles. The molecule has 0 saturated carbocycles. The molecule has 0 aliphatic rings. The van der Waals surface area contributed by atoms with Gasteiger partial charge in [-0.3, -0.25) is 15.2 Å². The van der Waals surface area contributed by atoms with E-state index in [9.17, 15) is 9.18 Å². The number of benzene rings is 1. The molecule has 8 nitrogen and oxygen atoms in total. The Morgan fingerprint density at radius 2 is 1.89 bits per heavy atom. The first-order valence-corrected chi connectivity index (χ1v) is 13.2. The van der Waals surface area contributed by atoms with Gasteiger partial charge < -0.3 is 20.8 Å². The SMILES string of the molecule is C=NN/C(C(=C)C(=O)NCc1ccc(F)c(Cl)c1)=C(\C)N=CC.CCCC(C)C(O)O.CCCCCNC. The first-order valence-electron chi connectivity index (χ1n) is 12.8. The number of carbonyl (C=O) groups excluding carboxylic acids is 1. The van der Waals surface area contributed by atoms with E-state index in [0.717, 1.165) is 12.8 Å². The van der Waals surface area contributed by atoms with Crippen molar-refractivity contribution in [3.8, 4) is 0 Å². The zero-order valence-corrected chi connectivity index (χ0v) is 24.5. The molecule has 0 spiro atoms. The Morgan fingerprint density at radius 1 is 1.24 bits per heavy atom. The summed E-state index contributed by atoms with van der Waals surface area (Å²) >= 11 is 5.70. The van der Waals surface area contributed by atoms with E-state index >= 15 is 0 Å². The smallest absolute Gasteiger partial charge is 0.253 e. The second-order valence-electron chi connectivity index (χ2n) is 8.52. The molecular weight excluding hydrogens is 509 g/mol. The van der Waals surface area contributed by atoms with Gasteiger partial charge in [0.25, 0.3) is 5.91 Å². The van der Waals surface area contributed by atoms with Crippen molar-refractivity contribution in [2.24, 2.45) is 16.0 Å². The highest BCUT2D eigenvalue weighted by Gasteiger charge is 2.14. The van der Waals surface area contributed by atoms with Gasteiger partial charge in [-0.25, -0.2) is 4.39 Å². The highest BCUT2D eigenvalue weighted by atomic mass is 35.5. The Morgan fingerprint density at radius 3 is 2.34 bits per heavy atom. The number of aliphatic hydroxyl groups excluding tert-OH is 1. The molecule has 10 heteroatoms. The van der Waals surface area contributed by atoms with Gasteiger partial charge in [0.1, 0.15) is 5.82 Å². The number of hydrogen-bond donors (Lipinski definition) is 5. The number of aliphatic hydroxyl groups is 2. The first kappa shape index (κ1) is 37.6. The van der Waals surface area contributed by atoms with Gasteiger partial charge in [0.15, 0.2) is 6.29 Å². The second kappa shape index (κ2) is 23.5. The Balaban J connectivity index is 0. The molecule has 0 bridgehead atoms. The number of allylic oxidation sites excluding steroid dienone is 1. The van der Waals surface area contributed by atoms with Crippen molar-refractivity contribution in [1.82, 2.24) is 16.1 Å². The molecule has 0 aliphatic carbocycles. The van der Waals surface area contributed by atoms with E-state index in [0.29, 0.717) is 17.0 Å². The molecule has 0 aliphatic heterocycles. The van der Waals surface area contributed by atoms with Crippen molar-refractivity contribution in [3.05, 3.63) is 58.1 Å². The third-order valence-electron chi connectivity index (χ3n) is 5.17. The minimum atomic E-state index is -1.13. The largest absolute Gasteiger partial charge is 0.368 e. The summed E-state index contributed by atoms with van der Waals surface area (Å²) in [5.41, 5.74) is 4.35. The predicted octanol–water partition coefficient (Wildman–Crippen LogP) is 5.31. The van der Waals surface area contributed by atoms with Crippen LogP contribution >= 0.6 is 11.6 Å². The van der Waals surface area contributed by atoms with Crippen molar-refractivity contribution in [2.45, 2.75) is 79.6 Å². The van der Waals surface area contributed by atoms with E-state index in [4.69, 9.17) is 21.8 Å². The molecule has 216 valence electrons. The lowest BCUT2D eigenvalue weighted by molar-refractivity contribution is -0.117. The summed E-state index contributed by atoms with van der Waals surface area (Å²) in [7, 11) is 2.00. The molecule has 1 amide bonds. The van der Waals surface area contributed by atoms with E-state index in [1.807, 2.05) is 20.9 Å². The van der Waals surface area contributed by atoms with Crippen LogP contribution in [0.3, 0.4) is 0 Å². The maximum atomic E-state index is 13.1. The molecule has 1 atom stereocenters. The van der Waals surface area contributed by atoms with Crippen molar-refractivity contribution in [3.63, 3.8) is 0 Å². The van der Waals surface area contributed by atoms with Gasteiger partial charge in [-0.15, -0.1) is 0 Å². The highest BCUT2D eigenvalue weighted by molar-refractivity contribution is 6.30. The van der Waals surface area contributed by atoms with E-state index < -0.39 is 18.0 Å². The zero-order valence-electron chi connectivity index (χ0n) is 23.8. The van der Waals surface area contributed by atoms with Crippen LogP contribution in [0.15, 0.2) is 51.8 Å². The molecular formula is C28H47ClFN5O3. The minimum Gasteiger partial charge on any atom is -0.368 e. The quantitative estimate of drug-likeness (QED) is 0.0532. The third-order valence-corrected chi connectivity index (χ3v) is 5.46. The fourth-order valence-corrected chi connectivity index (χ4v) is 3.12. The minimum absolute atomic E-state index is 0.00168. The number of halogens is 2. The lowest BCUT2D eigenvalue weighted by Gasteiger charge is -2.12. The van der Waals surface area contributed by atoms with Crippen LogP contribution in [-0.4, -0.2) is 48.9 Å². The van der Waals surface area contributed by atoms with Gasteiger partial charge in [0.05, 0.1) is 22.0 Å². The van der Waals surface area contributed by atoms with Crippen LogP contribution in [0.5, 0.6) is 0 Å². The Kier molecular flexibility index (Phi) is 23.2. The van der Waals surface area contributed by atoms with E-state index in [1.165, 1.54) is 44.0 Å². The summed E-state index contributed by atoms with van der Waals surface area (Å²) in [6.07, 6.45) is 6.37. The Bertz CT molecular complexity index is 887. The average Bonchev–Trinajstić information content (AvgIpc) is 2.88. The molecule has 5 N–H and O–H groups in total. The van der Waals surface area contributed by atoms with Gasteiger partial charge in [0.2, 0.25) is 0 Å². The normalized spacial score (nSPS) is 12.0. The summed E-state index contributed by atoms with van der Waals surface area (Å²) in [6, 6.07) is 4.23. The number of nitrogens with zero attached hydrogens (tertiary/aromatic N) is 2. The fraction of sp³-hybridized carbons (Fsp3) is 0.536. The van der Waals surface area contributed by atoms with Crippen molar-refractivity contribution in [1.29, 1.82) is 0 Å². The van der Waals surface area contributed by atoms with Crippen molar-refractivity contribution in [2.75, 3.05) is 13.6 Å². The third kappa shape index (κ3) is 17.8. The monoisotopic (exact) mass is 555 g/mol. The summed E-state index contributed by atoms with van der Waals surface area (Å²) in [6.45, 7) is 18.0. The van der Waals surface area contributed by atoms with Crippen LogP contribution in [0.4, 0.5) is 4.39 Å². The molecule has 38 heavy (non-hydrogen) atoms. The fourth-order valence-electron chi connectivity index (χ4n) is 2.91. The summed E-state index contributed by atoms with van der Waals surface area (Å²) < 4.78 is 13.1. The van der Waals surface area contributed by atoms with Crippen LogP contribution in [0.1, 0.15) is 72.3 Å². The predicted molar refractivity (Wildman–Crippen MR) is 158 cm³/mol. The van der Waals surface area contributed by atoms with Gasteiger partial charge in [-0.05, 0) is 58.0 Å². The van der Waals surface area contributed by atoms with Crippen molar-refractivity contribution >= 4 is 30.4 Å². The number of hydrogen-bond acceptors (Lipinski definition) is 7. The van der Waals surface area contributed by atoms with Crippen molar-refractivity contribution < 1.29 is 19.4 Å². The molecule has 1 rings (SSSR count). The second-order valence-corrected chi connectivity index (χ2v) is 8.92. The number of nitrogens with one attached hydrogen (secondary N) is 3. The average molecular weight is 556 g/mol. The van der Waals surface area contributed by atoms with E-state index in [-0.39, 0.29) is 23.1 Å². The highest BCUT2D eigenvalue weighted by Crippen LogP contribution is 2.16. The lowest BCUT2D eigenvalue weighted by Crippen LogP contribution is -2.27. The Hall–Kier alpha value is -2.59. The maximum Gasteiger partial charge on any atom is 0.253 e. The summed E-state index contributed by atoms with van der Waals surface area (Å²) in [5, 5.41) is 26.3. The summed E-state index contributed by atoms with van der Waals surface area (Å²) in [5.74, 6) is -0.895. The van der Waals surface area contributed by atoms with Crippen LogP contribution in [0, 0.1) is 11.7 Å². The molecule has 1 aromatic carbocycles. The number of amides is 1. The topological polar surface area (TPSA) is 118 Å². The van der Waals surface area contributed by atoms with Crippen LogP contribution in [0.2, 0.25) is 5.02 Å². The first-order chi connectivity index (χ1) is 18.0. The zero-order chi connectivity index (χ0) is 29.5. The number of rotatable bonds is 14. The summed E-state index contributed by atoms with van der Waals surface area (Å²) in [4.78, 5) is 16.3. The molecule has 0 aromatic heterocycles. The van der Waals surface area contributed by atoms with Gasteiger partial charge in [-0.1, -0.05) is 64.3 Å². The number of aliphatic imine (C=N–C) groups is 1. The lowest BCUT2D eigenvalue weighted by atomic mass is 10.1. The molecule has 0 radical (unpaired) electrons. The maximum absolute atomic E-state index is 13.1. The number of unbranched alkanes of at least 4 members (excludes halogenated alkanes) is 2. The number of hydrazone groups is 1. The molecule has 0 fully saturated rings. The molecule has 1 unspecified atom stereocenters. The van der Waals surface area contributed by atoms with Gasteiger partial charge >= 0.3 is 0 Å². The van der Waals surface area contributed by atoms with Gasteiger partial charge in [-0.2, -0.15) is 5.10 Å². The van der Waals surface area contributed by atoms with Crippen LogP contribution < -0.4 is 16.1 Å². The van der Waals surface area contributed by atoms with Crippen LogP contribution in [0.25, 0.3) is 0 Å².